The maximum absolute atomic E-state index is 13.9. The molecular weight excluding hydrogens is 543 g/mol. The monoisotopic (exact) mass is 571 g/mol. The van der Waals surface area contributed by atoms with Crippen molar-refractivity contribution in [2.24, 2.45) is 17.3 Å². The minimum atomic E-state index is -4.70. The summed E-state index contributed by atoms with van der Waals surface area (Å²) < 4.78 is 42.1. The number of carbonyl (C=O) groups is 3. The van der Waals surface area contributed by atoms with Gasteiger partial charge in [-0.1, -0.05) is 13.8 Å². The Kier molecular flexibility index (Phi) is 6.08. The summed E-state index contributed by atoms with van der Waals surface area (Å²) in [6.45, 7) is 7.64. The molecule has 1 aliphatic carbocycles. The van der Waals surface area contributed by atoms with Crippen LogP contribution in [-0.2, 0) is 22.3 Å². The topological polar surface area (TPSA) is 86.7 Å². The molecule has 0 bridgehead atoms. The fraction of sp³-hybridized carbons (Fsp3) is 0.464. The molecule has 5 heterocycles. The van der Waals surface area contributed by atoms with E-state index in [-0.39, 0.29) is 58.3 Å². The van der Waals surface area contributed by atoms with Crippen LogP contribution in [0.3, 0.4) is 0 Å². The third kappa shape index (κ3) is 4.19. The molecule has 3 aliphatic rings. The molecule has 0 N–H and O–H groups in total. The number of aromatic nitrogens is 2. The second-order valence-electron chi connectivity index (χ2n) is 11.5. The van der Waals surface area contributed by atoms with E-state index in [1.54, 1.807) is 17.0 Å². The smallest absolute Gasteiger partial charge is 0.336 e. The molecule has 3 aromatic rings. The van der Waals surface area contributed by atoms with Crippen molar-refractivity contribution in [3.05, 3.63) is 46.1 Å². The number of carbonyl (C=O) groups excluding carboxylic acids is 3. The van der Waals surface area contributed by atoms with Crippen molar-refractivity contribution >= 4 is 39.3 Å². The van der Waals surface area contributed by atoms with Gasteiger partial charge in [0.15, 0.2) is 0 Å². The number of hydrogen-bond acceptors (Lipinski definition) is 7. The molecule has 6 rings (SSSR count). The maximum atomic E-state index is 13.9. The summed E-state index contributed by atoms with van der Waals surface area (Å²) in [4.78, 5) is 53.5. The summed E-state index contributed by atoms with van der Waals surface area (Å²) in [5.41, 5.74) is -0.266. The van der Waals surface area contributed by atoms with Crippen LogP contribution in [-0.4, -0.2) is 75.6 Å². The number of likely N-dealkylation sites (tertiary alicyclic amines) is 1. The van der Waals surface area contributed by atoms with Crippen molar-refractivity contribution in [2.45, 2.75) is 33.5 Å². The van der Waals surface area contributed by atoms with E-state index < -0.39 is 11.9 Å². The van der Waals surface area contributed by atoms with Crippen molar-refractivity contribution in [3.63, 3.8) is 0 Å². The number of piperazine rings is 1. The lowest BCUT2D eigenvalue weighted by molar-refractivity contribution is -0.144. The second kappa shape index (κ2) is 9.07. The fourth-order valence-corrected chi connectivity index (χ4v) is 7.14. The summed E-state index contributed by atoms with van der Waals surface area (Å²) >= 11 is 1.24. The van der Waals surface area contributed by atoms with Gasteiger partial charge in [-0.15, -0.1) is 11.3 Å². The Morgan fingerprint density at radius 1 is 1.10 bits per heavy atom. The lowest BCUT2D eigenvalue weighted by Crippen LogP contribution is -2.47. The van der Waals surface area contributed by atoms with Gasteiger partial charge in [0, 0.05) is 42.8 Å². The summed E-state index contributed by atoms with van der Waals surface area (Å²) in [5, 5.41) is 0. The fourth-order valence-electron chi connectivity index (χ4n) is 6.02. The number of halogens is 3. The number of imide groups is 1. The van der Waals surface area contributed by atoms with Gasteiger partial charge in [0.1, 0.15) is 5.69 Å². The molecule has 1 saturated carbocycles. The molecule has 8 nitrogen and oxygen atoms in total. The molecule has 0 spiro atoms. The summed E-state index contributed by atoms with van der Waals surface area (Å²) in [5.74, 6) is -1.35. The highest BCUT2D eigenvalue weighted by Gasteiger charge is 2.72. The first kappa shape index (κ1) is 26.8. The molecule has 40 heavy (non-hydrogen) atoms. The third-order valence-corrected chi connectivity index (χ3v) is 9.58. The molecule has 2 saturated heterocycles. The predicted octanol–water partition coefficient (Wildman–Crippen LogP) is 4.21. The summed E-state index contributed by atoms with van der Waals surface area (Å²) in [7, 11) is 1.95. The second-order valence-corrected chi connectivity index (χ2v) is 12.6. The number of pyridine rings is 2. The number of hydrogen-bond donors (Lipinski definition) is 0. The SMILES string of the molecule is Cc1cc(C(F)(F)F)nc(-c2ccnc3cc(CN4C(=O)C5C(C4=O)C5(C)C)sc23)c1C(=O)N1CCN(C)CC1. The zero-order chi connectivity index (χ0) is 28.7. The maximum Gasteiger partial charge on any atom is 0.433 e. The molecule has 3 aromatic heterocycles. The van der Waals surface area contributed by atoms with E-state index in [1.165, 1.54) is 29.4 Å². The van der Waals surface area contributed by atoms with Gasteiger partial charge in [0.05, 0.1) is 39.9 Å². The van der Waals surface area contributed by atoms with Gasteiger partial charge < -0.3 is 9.80 Å². The van der Waals surface area contributed by atoms with Crippen molar-refractivity contribution < 1.29 is 27.6 Å². The van der Waals surface area contributed by atoms with Gasteiger partial charge >= 0.3 is 6.18 Å². The van der Waals surface area contributed by atoms with Gasteiger partial charge in [-0.25, -0.2) is 4.98 Å². The number of alkyl halides is 3. The van der Waals surface area contributed by atoms with Crippen LogP contribution < -0.4 is 0 Å². The minimum absolute atomic E-state index is 0.0478. The van der Waals surface area contributed by atoms with Crippen LogP contribution in [0.5, 0.6) is 0 Å². The van der Waals surface area contributed by atoms with Gasteiger partial charge in [-0.2, -0.15) is 13.2 Å². The van der Waals surface area contributed by atoms with E-state index in [0.29, 0.717) is 46.8 Å². The van der Waals surface area contributed by atoms with Gasteiger partial charge in [-0.05, 0) is 43.1 Å². The molecule has 2 atom stereocenters. The largest absolute Gasteiger partial charge is 0.433 e. The lowest BCUT2D eigenvalue weighted by atomic mass is 9.99. The Balaban J connectivity index is 1.42. The predicted molar refractivity (Wildman–Crippen MR) is 142 cm³/mol. The van der Waals surface area contributed by atoms with Crippen molar-refractivity contribution in [1.29, 1.82) is 0 Å². The summed E-state index contributed by atoms with van der Waals surface area (Å²) in [6.07, 6.45) is -3.23. The quantitative estimate of drug-likeness (QED) is 0.436. The van der Waals surface area contributed by atoms with E-state index in [2.05, 4.69) is 14.9 Å². The number of thiophene rings is 1. The van der Waals surface area contributed by atoms with Crippen LogP contribution in [0.15, 0.2) is 24.4 Å². The van der Waals surface area contributed by atoms with Crippen LogP contribution in [0.4, 0.5) is 13.2 Å². The highest BCUT2D eigenvalue weighted by atomic mass is 32.1. The Morgan fingerprint density at radius 3 is 2.38 bits per heavy atom. The van der Waals surface area contributed by atoms with Crippen LogP contribution in [0.25, 0.3) is 21.5 Å². The first-order chi connectivity index (χ1) is 18.8. The average molecular weight is 572 g/mol. The van der Waals surface area contributed by atoms with Crippen molar-refractivity contribution in [2.75, 3.05) is 33.2 Å². The zero-order valence-corrected chi connectivity index (χ0v) is 23.3. The minimum Gasteiger partial charge on any atom is -0.336 e. The Bertz CT molecular complexity index is 1550. The van der Waals surface area contributed by atoms with Crippen molar-refractivity contribution in [3.8, 4) is 11.3 Å². The highest BCUT2D eigenvalue weighted by molar-refractivity contribution is 7.19. The highest BCUT2D eigenvalue weighted by Crippen LogP contribution is 2.63. The molecule has 0 aromatic carbocycles. The van der Waals surface area contributed by atoms with Gasteiger partial charge in [0.2, 0.25) is 11.8 Å². The number of likely N-dealkylation sites (N-methyl/N-ethyl adjacent to an activating group) is 1. The van der Waals surface area contributed by atoms with Crippen molar-refractivity contribution in [1.82, 2.24) is 24.7 Å². The average Bonchev–Trinajstić information content (AvgIpc) is 3.13. The van der Waals surface area contributed by atoms with Crippen LogP contribution in [0.1, 0.15) is 40.3 Å². The number of amides is 3. The first-order valence-corrected chi connectivity index (χ1v) is 13.9. The number of fused-ring (bicyclic) bond motifs is 2. The number of aryl methyl sites for hydroxylation is 1. The zero-order valence-electron chi connectivity index (χ0n) is 22.5. The van der Waals surface area contributed by atoms with E-state index in [9.17, 15) is 27.6 Å². The molecular formula is C28H28F3N5O3S. The van der Waals surface area contributed by atoms with Gasteiger partial charge in [0.25, 0.3) is 5.91 Å². The van der Waals surface area contributed by atoms with E-state index in [1.807, 2.05) is 20.9 Å². The van der Waals surface area contributed by atoms with E-state index >= 15 is 0 Å². The Labute approximate surface area is 232 Å². The Hall–Kier alpha value is -3.38. The van der Waals surface area contributed by atoms with Crippen LogP contribution in [0.2, 0.25) is 0 Å². The molecule has 3 fully saturated rings. The number of piperidine rings is 1. The molecule has 2 unspecified atom stereocenters. The first-order valence-electron chi connectivity index (χ1n) is 13.1. The molecule has 12 heteroatoms. The molecule has 210 valence electrons. The molecule has 2 aliphatic heterocycles. The molecule has 0 radical (unpaired) electrons. The Morgan fingerprint density at radius 2 is 1.75 bits per heavy atom. The summed E-state index contributed by atoms with van der Waals surface area (Å²) in [6, 6.07) is 4.22. The van der Waals surface area contributed by atoms with Crippen LogP contribution in [0, 0.1) is 24.2 Å². The lowest BCUT2D eigenvalue weighted by Gasteiger charge is -2.33. The third-order valence-electron chi connectivity index (χ3n) is 8.43. The van der Waals surface area contributed by atoms with E-state index in [4.69, 9.17) is 0 Å². The van der Waals surface area contributed by atoms with Crippen LogP contribution >= 0.6 is 11.3 Å². The van der Waals surface area contributed by atoms with E-state index in [0.717, 1.165) is 6.07 Å². The number of nitrogens with zero attached hydrogens (tertiary/aromatic N) is 5. The normalized spacial score (nSPS) is 22.8. The number of rotatable bonds is 4. The van der Waals surface area contributed by atoms with Gasteiger partial charge in [-0.3, -0.25) is 24.3 Å². The standard InChI is InChI=1S/C28H28F3N5O3S/c1-14-11-18(28(29,30)31)33-22(19(14)24(37)35-9-7-34(4)8-10-35)16-5-6-32-17-12-15(40-23(16)17)13-36-25(38)20-21(26(36)39)27(20,2)3/h5-6,11-12,20-21H,7-10,13H2,1-4H3. The molecule has 3 amide bonds.